The molecule has 1 aliphatic rings. The molecule has 0 radical (unpaired) electrons. The smallest absolute Gasteiger partial charge is 0.191 e. The summed E-state index contributed by atoms with van der Waals surface area (Å²) in [6.45, 7) is 6.84. The van der Waals surface area contributed by atoms with Crippen LogP contribution in [0.1, 0.15) is 13.8 Å². The van der Waals surface area contributed by atoms with Crippen LogP contribution >= 0.6 is 15.9 Å². The predicted octanol–water partition coefficient (Wildman–Crippen LogP) is 2.25. The quantitative estimate of drug-likeness (QED) is 0.664. The summed E-state index contributed by atoms with van der Waals surface area (Å²) in [6, 6.07) is 7.76. The van der Waals surface area contributed by atoms with Crippen LogP contribution in [0.25, 0.3) is 0 Å². The number of nitrogens with two attached hydrogens (primary N) is 1. The Balaban J connectivity index is 1.83. The van der Waals surface area contributed by atoms with Crippen molar-refractivity contribution in [3.63, 3.8) is 0 Å². The van der Waals surface area contributed by atoms with E-state index in [4.69, 9.17) is 15.2 Å². The summed E-state index contributed by atoms with van der Waals surface area (Å²) in [7, 11) is 0. The molecule has 5 nitrogen and oxygen atoms in total. The Kier molecular flexibility index (Phi) is 5.87. The molecule has 0 bridgehead atoms. The van der Waals surface area contributed by atoms with Crippen molar-refractivity contribution in [2.24, 2.45) is 10.7 Å². The van der Waals surface area contributed by atoms with Crippen molar-refractivity contribution in [1.82, 2.24) is 4.90 Å². The molecular weight excluding hydrogens is 334 g/mol. The van der Waals surface area contributed by atoms with Crippen LogP contribution in [-0.2, 0) is 4.74 Å². The summed E-state index contributed by atoms with van der Waals surface area (Å²) in [6.07, 6.45) is 0.173. The highest BCUT2D eigenvalue weighted by Gasteiger charge is 2.18. The number of ether oxygens (including phenoxy) is 2. The first-order valence-corrected chi connectivity index (χ1v) is 7.92. The van der Waals surface area contributed by atoms with Crippen LogP contribution in [0.3, 0.4) is 0 Å². The van der Waals surface area contributed by atoms with E-state index in [1.807, 2.05) is 38.1 Å². The zero-order valence-corrected chi connectivity index (χ0v) is 14.0. The van der Waals surface area contributed by atoms with Crippen molar-refractivity contribution in [3.05, 3.63) is 28.7 Å². The van der Waals surface area contributed by atoms with E-state index >= 15 is 0 Å². The van der Waals surface area contributed by atoms with Crippen LogP contribution in [0.4, 0.5) is 0 Å². The third-order valence-corrected chi connectivity index (χ3v) is 3.76. The summed E-state index contributed by atoms with van der Waals surface area (Å²) in [5.41, 5.74) is 6.03. The molecule has 2 N–H and O–H groups in total. The number of hydrogen-bond acceptors (Lipinski definition) is 3. The lowest BCUT2D eigenvalue weighted by molar-refractivity contribution is 0.00525. The molecule has 0 spiro atoms. The Labute approximate surface area is 134 Å². The third-order valence-electron chi connectivity index (χ3n) is 3.23. The summed E-state index contributed by atoms with van der Waals surface area (Å²) in [5.74, 6) is 1.40. The molecule has 1 aromatic carbocycles. The van der Waals surface area contributed by atoms with E-state index in [1.165, 1.54) is 0 Å². The Hall–Kier alpha value is -1.27. The van der Waals surface area contributed by atoms with Gasteiger partial charge in [0.25, 0.3) is 0 Å². The van der Waals surface area contributed by atoms with E-state index in [9.17, 15) is 0 Å². The van der Waals surface area contributed by atoms with E-state index in [2.05, 4.69) is 25.8 Å². The summed E-state index contributed by atoms with van der Waals surface area (Å²) in [5, 5.41) is 0. The lowest BCUT2D eigenvalue weighted by atomic mass is 10.3. The Morgan fingerprint density at radius 1 is 1.52 bits per heavy atom. The fourth-order valence-corrected chi connectivity index (χ4v) is 2.40. The van der Waals surface area contributed by atoms with Gasteiger partial charge in [0, 0.05) is 17.6 Å². The zero-order valence-electron chi connectivity index (χ0n) is 12.5. The summed E-state index contributed by atoms with van der Waals surface area (Å²) < 4.78 is 12.3. The first kappa shape index (κ1) is 16.1. The molecule has 116 valence electrons. The van der Waals surface area contributed by atoms with Gasteiger partial charge in [0.15, 0.2) is 5.96 Å². The largest absolute Gasteiger partial charge is 0.489 e. The van der Waals surface area contributed by atoms with E-state index in [0.29, 0.717) is 19.1 Å². The van der Waals surface area contributed by atoms with Gasteiger partial charge in [-0.05, 0) is 38.1 Å². The number of halogens is 1. The van der Waals surface area contributed by atoms with Gasteiger partial charge >= 0.3 is 0 Å². The second kappa shape index (κ2) is 7.66. The van der Waals surface area contributed by atoms with Crippen LogP contribution < -0.4 is 10.5 Å². The minimum Gasteiger partial charge on any atom is -0.489 e. The molecule has 21 heavy (non-hydrogen) atoms. The maximum atomic E-state index is 6.03. The van der Waals surface area contributed by atoms with Gasteiger partial charge in [-0.3, -0.25) is 0 Å². The Bertz CT molecular complexity index is 478. The third kappa shape index (κ3) is 5.21. The average Bonchev–Trinajstić information content (AvgIpc) is 2.47. The number of guanidine groups is 1. The van der Waals surface area contributed by atoms with E-state index in [0.717, 1.165) is 23.3 Å². The van der Waals surface area contributed by atoms with Gasteiger partial charge in [0.2, 0.25) is 0 Å². The van der Waals surface area contributed by atoms with E-state index in [-0.39, 0.29) is 12.2 Å². The highest BCUT2D eigenvalue weighted by atomic mass is 79.9. The lowest BCUT2D eigenvalue weighted by Gasteiger charge is -2.32. The van der Waals surface area contributed by atoms with Crippen molar-refractivity contribution in [3.8, 4) is 5.75 Å². The molecule has 0 aliphatic carbocycles. The van der Waals surface area contributed by atoms with Gasteiger partial charge in [0.1, 0.15) is 11.9 Å². The van der Waals surface area contributed by atoms with Gasteiger partial charge < -0.3 is 20.1 Å². The number of benzene rings is 1. The highest BCUT2D eigenvalue weighted by molar-refractivity contribution is 9.10. The van der Waals surface area contributed by atoms with Gasteiger partial charge in [-0.2, -0.15) is 0 Å². The average molecular weight is 356 g/mol. The number of hydrogen-bond donors (Lipinski definition) is 1. The van der Waals surface area contributed by atoms with Crippen LogP contribution in [-0.4, -0.2) is 49.3 Å². The van der Waals surface area contributed by atoms with Gasteiger partial charge in [-0.15, -0.1) is 0 Å². The number of rotatable bonds is 4. The van der Waals surface area contributed by atoms with E-state index < -0.39 is 0 Å². The first-order chi connectivity index (χ1) is 10.0. The van der Waals surface area contributed by atoms with Crippen LogP contribution in [0, 0.1) is 0 Å². The predicted molar refractivity (Wildman–Crippen MR) is 87.7 cm³/mol. The normalized spacial score (nSPS) is 21.2. The molecule has 0 saturated carbocycles. The second-order valence-electron chi connectivity index (χ2n) is 5.21. The lowest BCUT2D eigenvalue weighted by Crippen LogP contribution is -2.48. The van der Waals surface area contributed by atoms with Gasteiger partial charge in [-0.25, -0.2) is 4.99 Å². The first-order valence-electron chi connectivity index (χ1n) is 7.13. The zero-order chi connectivity index (χ0) is 15.2. The van der Waals surface area contributed by atoms with Gasteiger partial charge in [-0.1, -0.05) is 15.9 Å². The Morgan fingerprint density at radius 3 is 2.90 bits per heavy atom. The summed E-state index contributed by atoms with van der Waals surface area (Å²) in [4.78, 5) is 6.48. The molecule has 1 fully saturated rings. The topological polar surface area (TPSA) is 60.1 Å². The second-order valence-corrected chi connectivity index (χ2v) is 6.12. The van der Waals surface area contributed by atoms with Crippen molar-refractivity contribution in [2.75, 3.05) is 26.2 Å². The number of morpholine rings is 1. The molecular formula is C15H22BrN3O2. The number of aliphatic imine (C=N–C) groups is 1. The van der Waals surface area contributed by atoms with Crippen molar-refractivity contribution in [2.45, 2.75) is 26.1 Å². The standard InChI is InChI=1S/C15H22BrN3O2/c1-11(21-14-5-3-13(16)4-6-14)9-18-15(17)19-7-8-20-12(2)10-19/h3-6,11-12H,7-10H2,1-2H3,(H2,17,18). The van der Waals surface area contributed by atoms with E-state index in [1.54, 1.807) is 0 Å². The number of nitrogens with zero attached hydrogens (tertiary/aromatic N) is 2. The molecule has 2 rings (SSSR count). The molecule has 1 saturated heterocycles. The fourth-order valence-electron chi connectivity index (χ4n) is 2.13. The van der Waals surface area contributed by atoms with Crippen molar-refractivity contribution < 1.29 is 9.47 Å². The minimum absolute atomic E-state index is 0.0248. The molecule has 2 unspecified atom stereocenters. The maximum Gasteiger partial charge on any atom is 0.191 e. The molecule has 0 amide bonds. The van der Waals surface area contributed by atoms with Crippen LogP contribution in [0.15, 0.2) is 33.7 Å². The molecule has 1 aromatic rings. The maximum absolute atomic E-state index is 6.03. The molecule has 6 heteroatoms. The molecule has 1 aliphatic heterocycles. The minimum atomic E-state index is -0.0248. The summed E-state index contributed by atoms with van der Waals surface area (Å²) >= 11 is 3.40. The van der Waals surface area contributed by atoms with Crippen LogP contribution in [0.5, 0.6) is 5.75 Å². The molecule has 2 atom stereocenters. The SMILES string of the molecule is CC1CN(C(N)=NCC(C)Oc2ccc(Br)cc2)CCO1. The van der Waals surface area contributed by atoms with Crippen molar-refractivity contribution >= 4 is 21.9 Å². The Morgan fingerprint density at radius 2 is 2.24 bits per heavy atom. The fraction of sp³-hybridized carbons (Fsp3) is 0.533. The van der Waals surface area contributed by atoms with Gasteiger partial charge in [0.05, 0.1) is 19.3 Å². The van der Waals surface area contributed by atoms with Crippen LogP contribution in [0.2, 0.25) is 0 Å². The highest BCUT2D eigenvalue weighted by Crippen LogP contribution is 2.17. The monoisotopic (exact) mass is 355 g/mol. The molecule has 1 heterocycles. The molecule has 0 aromatic heterocycles. The van der Waals surface area contributed by atoms with Crippen molar-refractivity contribution in [1.29, 1.82) is 0 Å².